The number of rotatable bonds is 7. The van der Waals surface area contributed by atoms with Gasteiger partial charge < -0.3 is 14.6 Å². The first-order chi connectivity index (χ1) is 17.2. The van der Waals surface area contributed by atoms with E-state index in [1.165, 1.54) is 0 Å². The molecule has 3 aromatic rings. The highest BCUT2D eigenvalue weighted by Crippen LogP contribution is 2.35. The monoisotopic (exact) mass is 514 g/mol. The summed E-state index contributed by atoms with van der Waals surface area (Å²) in [4.78, 5) is 7.09. The third kappa shape index (κ3) is 5.09. The molecule has 186 valence electrons. The molecule has 2 saturated heterocycles. The zero-order chi connectivity index (χ0) is 23.6. The number of imidazole rings is 1. The molecule has 0 spiro atoms. The summed E-state index contributed by atoms with van der Waals surface area (Å²) >= 11 is 8.40. The van der Waals surface area contributed by atoms with Crippen molar-refractivity contribution in [3.8, 4) is 22.0 Å². The number of hydrazine groups is 1. The predicted octanol–water partition coefficient (Wildman–Crippen LogP) is 2.68. The average Bonchev–Trinajstić information content (AvgIpc) is 3.66. The lowest BCUT2D eigenvalue weighted by Gasteiger charge is -2.35. The van der Waals surface area contributed by atoms with E-state index in [1.54, 1.807) is 11.3 Å². The van der Waals surface area contributed by atoms with Gasteiger partial charge in [-0.15, -0.1) is 21.8 Å². The zero-order valence-electron chi connectivity index (χ0n) is 19.6. The summed E-state index contributed by atoms with van der Waals surface area (Å²) in [6.45, 7) is 6.43. The Morgan fingerprint density at radius 3 is 2.94 bits per heavy atom. The van der Waals surface area contributed by atoms with E-state index in [0.29, 0.717) is 12.0 Å². The Bertz CT molecular complexity index is 1130. The molecule has 6 rings (SSSR count). The second kappa shape index (κ2) is 10.5. The minimum atomic E-state index is 0.0586. The number of nitrogens with zero attached hydrogens (tertiary/aromatic N) is 5. The van der Waals surface area contributed by atoms with E-state index in [-0.39, 0.29) is 11.4 Å². The van der Waals surface area contributed by atoms with Gasteiger partial charge in [0.2, 0.25) is 5.13 Å². The summed E-state index contributed by atoms with van der Waals surface area (Å²) in [7, 11) is 0. The molecule has 0 amide bonds. The van der Waals surface area contributed by atoms with E-state index < -0.39 is 0 Å². The number of anilines is 1. The van der Waals surface area contributed by atoms with Crippen molar-refractivity contribution in [1.29, 1.82) is 0 Å². The molecule has 4 heterocycles. The lowest BCUT2D eigenvalue weighted by atomic mass is 9.82. The van der Waals surface area contributed by atoms with Crippen molar-refractivity contribution in [3.05, 3.63) is 36.7 Å². The van der Waals surface area contributed by atoms with Gasteiger partial charge in [0, 0.05) is 74.2 Å². The molecular formula is C24H31ClN8OS. The Labute approximate surface area is 214 Å². The molecule has 1 saturated carbocycles. The number of ether oxygens (including phenoxy) is 1. The summed E-state index contributed by atoms with van der Waals surface area (Å²) in [5.41, 5.74) is 8.72. The third-order valence-corrected chi connectivity index (χ3v) is 8.83. The van der Waals surface area contributed by atoms with Crippen LogP contribution < -0.4 is 16.2 Å². The summed E-state index contributed by atoms with van der Waals surface area (Å²) < 4.78 is 7.69. The normalized spacial score (nSPS) is 27.1. The van der Waals surface area contributed by atoms with Gasteiger partial charge in [-0.1, -0.05) is 29.5 Å². The van der Waals surface area contributed by atoms with Gasteiger partial charge in [0.05, 0.1) is 18.6 Å². The minimum Gasteiger partial charge on any atom is -0.379 e. The number of nitrogens with one attached hydrogen (secondary N) is 3. The third-order valence-electron chi connectivity index (χ3n) is 7.30. The van der Waals surface area contributed by atoms with Crippen molar-refractivity contribution in [2.24, 2.45) is 5.92 Å². The van der Waals surface area contributed by atoms with E-state index in [9.17, 15) is 0 Å². The van der Waals surface area contributed by atoms with Crippen LogP contribution in [0.4, 0.5) is 5.13 Å². The van der Waals surface area contributed by atoms with Crippen molar-refractivity contribution in [2.75, 3.05) is 44.7 Å². The van der Waals surface area contributed by atoms with Crippen molar-refractivity contribution in [2.45, 2.75) is 36.8 Å². The second-order valence-electron chi connectivity index (χ2n) is 9.46. The molecule has 0 radical (unpaired) electrons. The quantitative estimate of drug-likeness (QED) is 0.414. The second-order valence-corrected chi connectivity index (χ2v) is 10.9. The number of hydrogen-bond acceptors (Lipinski definition) is 9. The average molecular weight is 515 g/mol. The Hall–Kier alpha value is -2.08. The maximum Gasteiger partial charge on any atom is 0.206 e. The van der Waals surface area contributed by atoms with E-state index >= 15 is 0 Å². The van der Waals surface area contributed by atoms with Crippen LogP contribution in [0, 0.1) is 5.92 Å². The molecule has 2 aliphatic heterocycles. The molecule has 3 aliphatic rings. The van der Waals surface area contributed by atoms with Crippen LogP contribution in [-0.4, -0.2) is 81.5 Å². The van der Waals surface area contributed by atoms with E-state index in [0.717, 1.165) is 85.9 Å². The van der Waals surface area contributed by atoms with Gasteiger partial charge in [-0.3, -0.25) is 15.8 Å². The number of aromatic nitrogens is 4. The Kier molecular flexibility index (Phi) is 7.00. The van der Waals surface area contributed by atoms with Gasteiger partial charge in [0.25, 0.3) is 0 Å². The molecule has 4 atom stereocenters. The van der Waals surface area contributed by atoms with Crippen LogP contribution in [-0.2, 0) is 11.3 Å². The van der Waals surface area contributed by atoms with Gasteiger partial charge in [0.15, 0.2) is 0 Å². The molecule has 3 N–H and O–H groups in total. The molecule has 35 heavy (non-hydrogen) atoms. The molecule has 1 aliphatic carbocycles. The first kappa shape index (κ1) is 23.3. The van der Waals surface area contributed by atoms with Crippen molar-refractivity contribution in [3.63, 3.8) is 0 Å². The Morgan fingerprint density at radius 1 is 1.14 bits per heavy atom. The number of alkyl halides is 1. The highest BCUT2D eigenvalue weighted by Gasteiger charge is 2.41. The fourth-order valence-electron chi connectivity index (χ4n) is 5.32. The number of hydrogen-bond donors (Lipinski definition) is 3. The van der Waals surface area contributed by atoms with Crippen LogP contribution in [0.15, 0.2) is 36.7 Å². The molecular weight excluding hydrogens is 484 g/mol. The van der Waals surface area contributed by atoms with Gasteiger partial charge in [0.1, 0.15) is 10.8 Å². The summed E-state index contributed by atoms with van der Waals surface area (Å²) in [5, 5.41) is 14.2. The fraction of sp³-hybridized carbons (Fsp3) is 0.542. The van der Waals surface area contributed by atoms with Gasteiger partial charge in [-0.2, -0.15) is 0 Å². The minimum absolute atomic E-state index is 0.0586. The molecule has 2 aromatic heterocycles. The number of halogens is 1. The maximum absolute atomic E-state index is 6.82. The zero-order valence-corrected chi connectivity index (χ0v) is 21.1. The standard InChI is InChI=1S/C24H31ClN8OS/c25-21-18-15-27-29-19(18)4-5-20(21)28-24-31-30-23(35-24)17-3-1-2-16(14-17)22-26-6-7-33(22)9-8-32-10-12-34-13-11-32/h1-3,6-7,14,18-21,27,29H,4-5,8-13,15H2,(H,28,31). The largest absolute Gasteiger partial charge is 0.379 e. The predicted molar refractivity (Wildman–Crippen MR) is 139 cm³/mol. The van der Waals surface area contributed by atoms with E-state index in [1.807, 2.05) is 6.20 Å². The summed E-state index contributed by atoms with van der Waals surface area (Å²) in [5.74, 6) is 1.41. The first-order valence-electron chi connectivity index (χ1n) is 12.4. The molecule has 3 fully saturated rings. The first-order valence-corrected chi connectivity index (χ1v) is 13.6. The van der Waals surface area contributed by atoms with Crippen LogP contribution in [0.2, 0.25) is 0 Å². The van der Waals surface area contributed by atoms with Crippen LogP contribution in [0.5, 0.6) is 0 Å². The molecule has 1 aromatic carbocycles. The van der Waals surface area contributed by atoms with Crippen molar-refractivity contribution < 1.29 is 4.74 Å². The SMILES string of the molecule is ClC1C(Nc2nnc(-c3cccc(-c4nccn4CCN4CCOCC4)c3)s2)CCC2NNCC21. The van der Waals surface area contributed by atoms with E-state index in [2.05, 4.69) is 71.3 Å². The number of morpholine rings is 1. The lowest BCUT2D eigenvalue weighted by molar-refractivity contribution is 0.0364. The van der Waals surface area contributed by atoms with Crippen molar-refractivity contribution >= 4 is 28.1 Å². The van der Waals surface area contributed by atoms with Crippen LogP contribution in [0.1, 0.15) is 12.8 Å². The number of benzene rings is 1. The van der Waals surface area contributed by atoms with Crippen LogP contribution in [0.3, 0.4) is 0 Å². The van der Waals surface area contributed by atoms with Crippen molar-refractivity contribution in [1.82, 2.24) is 35.5 Å². The van der Waals surface area contributed by atoms with E-state index in [4.69, 9.17) is 16.3 Å². The highest BCUT2D eigenvalue weighted by molar-refractivity contribution is 7.18. The molecule has 0 bridgehead atoms. The smallest absolute Gasteiger partial charge is 0.206 e. The maximum atomic E-state index is 6.82. The van der Waals surface area contributed by atoms with Gasteiger partial charge in [-0.25, -0.2) is 4.98 Å². The topological polar surface area (TPSA) is 92.2 Å². The van der Waals surface area contributed by atoms with Crippen LogP contribution >= 0.6 is 22.9 Å². The lowest BCUT2D eigenvalue weighted by Crippen LogP contribution is -2.47. The Balaban J connectivity index is 1.14. The van der Waals surface area contributed by atoms with Gasteiger partial charge >= 0.3 is 0 Å². The number of fused-ring (bicyclic) bond motifs is 1. The summed E-state index contributed by atoms with van der Waals surface area (Å²) in [6.07, 6.45) is 6.05. The van der Waals surface area contributed by atoms with Crippen LogP contribution in [0.25, 0.3) is 22.0 Å². The summed E-state index contributed by atoms with van der Waals surface area (Å²) in [6, 6.07) is 9.08. The fourth-order valence-corrected chi connectivity index (χ4v) is 6.57. The molecule has 9 nitrogen and oxygen atoms in total. The molecule has 11 heteroatoms. The Morgan fingerprint density at radius 2 is 2.03 bits per heavy atom. The molecule has 4 unspecified atom stereocenters. The van der Waals surface area contributed by atoms with Gasteiger partial charge in [-0.05, 0) is 18.9 Å². The highest BCUT2D eigenvalue weighted by atomic mass is 35.5.